The lowest BCUT2D eigenvalue weighted by Crippen LogP contribution is -2.25. The molecule has 0 fully saturated rings. The van der Waals surface area contributed by atoms with Crippen molar-refractivity contribution in [3.05, 3.63) is 11.4 Å². The maximum absolute atomic E-state index is 12.2. The highest BCUT2D eigenvalue weighted by atomic mass is 32.1. The molecule has 0 amide bonds. The van der Waals surface area contributed by atoms with Gasteiger partial charge in [0.15, 0.2) is 0 Å². The summed E-state index contributed by atoms with van der Waals surface area (Å²) in [5, 5.41) is 2.52. The second-order valence-corrected chi connectivity index (χ2v) is 4.84. The minimum absolute atomic E-state index is 0.171. The molecule has 0 saturated heterocycles. The monoisotopic (exact) mass is 291 g/mol. The van der Waals surface area contributed by atoms with E-state index >= 15 is 0 Å². The molecule has 19 heavy (non-hydrogen) atoms. The van der Waals surface area contributed by atoms with E-state index < -0.39 is 12.6 Å². The molecule has 0 bridgehead atoms. The molecule has 3 N–H and O–H groups in total. The summed E-state index contributed by atoms with van der Waals surface area (Å²) in [6, 6.07) is 1.78. The molecule has 0 aliphatic rings. The first-order valence-corrected chi connectivity index (χ1v) is 6.28. The summed E-state index contributed by atoms with van der Waals surface area (Å²) in [5.41, 5.74) is 2.31. The SMILES string of the molecule is CN(CCC(F)(F)F)c1nc(NN)nc2sccc12. The van der Waals surface area contributed by atoms with Crippen molar-refractivity contribution >= 4 is 33.3 Å². The van der Waals surface area contributed by atoms with Crippen LogP contribution in [0.3, 0.4) is 0 Å². The standard InChI is InChI=1S/C10H12F3N5S/c1-18(4-3-10(11,12)13)7-6-2-5-19-8(6)16-9(15-7)17-14/h2,5H,3-4,14H2,1H3,(H,15,16,17). The Bertz CT molecular complexity index is 568. The summed E-state index contributed by atoms with van der Waals surface area (Å²) < 4.78 is 36.7. The number of rotatable bonds is 4. The Morgan fingerprint density at radius 2 is 2.16 bits per heavy atom. The highest BCUT2D eigenvalue weighted by Crippen LogP contribution is 2.29. The van der Waals surface area contributed by atoms with Crippen LogP contribution in [0.1, 0.15) is 6.42 Å². The lowest BCUT2D eigenvalue weighted by atomic mass is 10.3. The molecule has 0 aromatic carbocycles. The zero-order valence-electron chi connectivity index (χ0n) is 10.0. The predicted octanol–water partition coefficient (Wildman–Crippen LogP) is 2.37. The number of aromatic nitrogens is 2. The summed E-state index contributed by atoms with van der Waals surface area (Å²) in [6.45, 7) is -0.171. The highest BCUT2D eigenvalue weighted by Gasteiger charge is 2.27. The molecule has 0 saturated carbocycles. The van der Waals surface area contributed by atoms with Gasteiger partial charge in [-0.3, -0.25) is 5.43 Å². The maximum atomic E-state index is 12.2. The first kappa shape index (κ1) is 13.8. The Hall–Kier alpha value is -1.61. The van der Waals surface area contributed by atoms with E-state index in [0.29, 0.717) is 16.0 Å². The number of anilines is 2. The predicted molar refractivity (Wildman–Crippen MR) is 69.2 cm³/mol. The van der Waals surface area contributed by atoms with Crippen LogP contribution in [-0.4, -0.2) is 29.7 Å². The molecule has 0 radical (unpaired) electrons. The minimum atomic E-state index is -4.19. The van der Waals surface area contributed by atoms with Crippen molar-refractivity contribution in [3.63, 3.8) is 0 Å². The van der Waals surface area contributed by atoms with Gasteiger partial charge in [-0.05, 0) is 11.4 Å². The lowest BCUT2D eigenvalue weighted by molar-refractivity contribution is -0.132. The second kappa shape index (κ2) is 5.17. The molecule has 2 aromatic rings. The van der Waals surface area contributed by atoms with E-state index in [1.165, 1.54) is 16.2 Å². The third-order valence-corrected chi connectivity index (χ3v) is 3.33. The average molecular weight is 291 g/mol. The van der Waals surface area contributed by atoms with Crippen LogP contribution in [0.2, 0.25) is 0 Å². The lowest BCUT2D eigenvalue weighted by Gasteiger charge is -2.20. The van der Waals surface area contributed by atoms with Crippen LogP contribution in [0.25, 0.3) is 10.2 Å². The van der Waals surface area contributed by atoms with Gasteiger partial charge in [0.1, 0.15) is 10.6 Å². The Balaban J connectivity index is 2.29. The average Bonchev–Trinajstić information content (AvgIpc) is 2.81. The number of hydrogen-bond acceptors (Lipinski definition) is 6. The third-order valence-electron chi connectivity index (χ3n) is 2.53. The van der Waals surface area contributed by atoms with E-state index in [-0.39, 0.29) is 12.5 Å². The van der Waals surface area contributed by atoms with Crippen LogP contribution in [0.4, 0.5) is 24.9 Å². The van der Waals surface area contributed by atoms with Gasteiger partial charge in [-0.15, -0.1) is 11.3 Å². The Morgan fingerprint density at radius 1 is 1.42 bits per heavy atom. The molecule has 5 nitrogen and oxygen atoms in total. The minimum Gasteiger partial charge on any atom is -0.359 e. The number of nitrogens with one attached hydrogen (secondary N) is 1. The molecular formula is C10H12F3N5S. The fourth-order valence-electron chi connectivity index (χ4n) is 1.60. The number of nitrogen functional groups attached to an aromatic ring is 1. The van der Waals surface area contributed by atoms with Crippen LogP contribution in [0.5, 0.6) is 0 Å². The maximum Gasteiger partial charge on any atom is 0.390 e. The molecule has 0 unspecified atom stereocenters. The molecule has 9 heteroatoms. The van der Waals surface area contributed by atoms with Crippen molar-refractivity contribution in [3.8, 4) is 0 Å². The van der Waals surface area contributed by atoms with Gasteiger partial charge >= 0.3 is 6.18 Å². The smallest absolute Gasteiger partial charge is 0.359 e. The van der Waals surface area contributed by atoms with Crippen molar-refractivity contribution in [2.24, 2.45) is 5.84 Å². The fraction of sp³-hybridized carbons (Fsp3) is 0.400. The molecule has 0 spiro atoms. The highest BCUT2D eigenvalue weighted by molar-refractivity contribution is 7.16. The van der Waals surface area contributed by atoms with Crippen LogP contribution < -0.4 is 16.2 Å². The Morgan fingerprint density at radius 3 is 2.79 bits per heavy atom. The van der Waals surface area contributed by atoms with E-state index in [1.54, 1.807) is 18.5 Å². The summed E-state index contributed by atoms with van der Waals surface area (Å²) in [6.07, 6.45) is -5.09. The van der Waals surface area contributed by atoms with Gasteiger partial charge < -0.3 is 4.90 Å². The van der Waals surface area contributed by atoms with E-state index in [0.717, 1.165) is 0 Å². The summed E-state index contributed by atoms with van der Waals surface area (Å²) in [5.74, 6) is 5.87. The number of hydrogen-bond donors (Lipinski definition) is 2. The van der Waals surface area contributed by atoms with Crippen molar-refractivity contribution < 1.29 is 13.2 Å². The normalized spacial score (nSPS) is 11.8. The molecule has 0 aliphatic heterocycles. The van der Waals surface area contributed by atoms with Crippen molar-refractivity contribution in [1.82, 2.24) is 9.97 Å². The summed E-state index contributed by atoms with van der Waals surface area (Å²) in [4.78, 5) is 10.4. The molecule has 2 rings (SSSR count). The van der Waals surface area contributed by atoms with Crippen molar-refractivity contribution in [2.45, 2.75) is 12.6 Å². The van der Waals surface area contributed by atoms with E-state index in [2.05, 4.69) is 15.4 Å². The fourth-order valence-corrected chi connectivity index (χ4v) is 2.35. The van der Waals surface area contributed by atoms with E-state index in [9.17, 15) is 13.2 Å². The van der Waals surface area contributed by atoms with Crippen molar-refractivity contribution in [2.75, 3.05) is 23.9 Å². The van der Waals surface area contributed by atoms with Crippen LogP contribution in [0.15, 0.2) is 11.4 Å². The van der Waals surface area contributed by atoms with Gasteiger partial charge in [0, 0.05) is 13.6 Å². The van der Waals surface area contributed by atoms with Gasteiger partial charge in [-0.1, -0.05) is 0 Å². The largest absolute Gasteiger partial charge is 0.390 e. The molecule has 0 aliphatic carbocycles. The Kier molecular flexibility index (Phi) is 3.76. The number of halogens is 3. The summed E-state index contributed by atoms with van der Waals surface area (Å²) >= 11 is 1.38. The zero-order chi connectivity index (χ0) is 14.0. The molecule has 0 atom stereocenters. The van der Waals surface area contributed by atoms with Gasteiger partial charge in [-0.25, -0.2) is 10.8 Å². The quantitative estimate of drug-likeness (QED) is 0.668. The first-order valence-electron chi connectivity index (χ1n) is 5.40. The molecular weight excluding hydrogens is 279 g/mol. The number of hydrazine groups is 1. The third kappa shape index (κ3) is 3.24. The van der Waals surface area contributed by atoms with Gasteiger partial charge in [-0.2, -0.15) is 18.2 Å². The first-order chi connectivity index (χ1) is 8.90. The van der Waals surface area contributed by atoms with Crippen LogP contribution in [-0.2, 0) is 0 Å². The molecule has 104 valence electrons. The Labute approximate surface area is 111 Å². The zero-order valence-corrected chi connectivity index (χ0v) is 10.8. The van der Waals surface area contributed by atoms with Crippen LogP contribution in [0, 0.1) is 0 Å². The number of thiophene rings is 1. The van der Waals surface area contributed by atoms with E-state index in [4.69, 9.17) is 5.84 Å². The number of nitrogens with two attached hydrogens (primary N) is 1. The van der Waals surface area contributed by atoms with E-state index in [1.807, 2.05) is 0 Å². The number of nitrogens with zero attached hydrogens (tertiary/aromatic N) is 3. The number of fused-ring (bicyclic) bond motifs is 1. The van der Waals surface area contributed by atoms with Gasteiger partial charge in [0.2, 0.25) is 5.95 Å². The van der Waals surface area contributed by atoms with Gasteiger partial charge in [0.25, 0.3) is 0 Å². The second-order valence-electron chi connectivity index (χ2n) is 3.94. The van der Waals surface area contributed by atoms with Crippen LogP contribution >= 0.6 is 11.3 Å². The molecule has 2 aromatic heterocycles. The topological polar surface area (TPSA) is 67.1 Å². The van der Waals surface area contributed by atoms with Crippen molar-refractivity contribution in [1.29, 1.82) is 0 Å². The van der Waals surface area contributed by atoms with Gasteiger partial charge in [0.05, 0.1) is 11.8 Å². The number of alkyl halides is 3. The molecule has 2 heterocycles. The summed E-state index contributed by atoms with van der Waals surface area (Å²) in [7, 11) is 1.56.